The average Bonchev–Trinajstić information content (AvgIpc) is 2.81. The molecule has 0 bridgehead atoms. The molecular formula is C12H24N4O2. The third-order valence-corrected chi connectivity index (χ3v) is 2.44. The standard InChI is InChI=1S/C12H24N4O2/c1-9(2)8-17-7-5-6-14-12-16-15-11(18-12)10(3)13-4/h9-10,13H,5-8H2,1-4H3,(H,14,16). The van der Waals surface area contributed by atoms with Crippen molar-refractivity contribution in [2.45, 2.75) is 33.2 Å². The fraction of sp³-hybridized carbons (Fsp3) is 0.833. The summed E-state index contributed by atoms with van der Waals surface area (Å²) in [5, 5.41) is 14.0. The van der Waals surface area contributed by atoms with E-state index in [-0.39, 0.29) is 6.04 Å². The van der Waals surface area contributed by atoms with E-state index in [9.17, 15) is 0 Å². The molecule has 1 atom stereocenters. The molecule has 104 valence electrons. The molecular weight excluding hydrogens is 232 g/mol. The van der Waals surface area contributed by atoms with Crippen LogP contribution in [0.25, 0.3) is 0 Å². The van der Waals surface area contributed by atoms with Crippen molar-refractivity contribution < 1.29 is 9.15 Å². The summed E-state index contributed by atoms with van der Waals surface area (Å²) in [6.45, 7) is 8.58. The van der Waals surface area contributed by atoms with E-state index in [2.05, 4.69) is 34.7 Å². The fourth-order valence-corrected chi connectivity index (χ4v) is 1.29. The first-order chi connectivity index (χ1) is 8.63. The summed E-state index contributed by atoms with van der Waals surface area (Å²) < 4.78 is 10.9. The zero-order chi connectivity index (χ0) is 13.4. The van der Waals surface area contributed by atoms with Gasteiger partial charge in [0.2, 0.25) is 5.89 Å². The minimum absolute atomic E-state index is 0.0717. The second-order valence-corrected chi connectivity index (χ2v) is 4.70. The largest absolute Gasteiger partial charge is 0.406 e. The summed E-state index contributed by atoms with van der Waals surface area (Å²) >= 11 is 0. The van der Waals surface area contributed by atoms with Crippen LogP contribution >= 0.6 is 0 Å². The van der Waals surface area contributed by atoms with E-state index in [1.807, 2.05) is 14.0 Å². The Hall–Kier alpha value is -1.14. The molecule has 0 aliphatic heterocycles. The minimum atomic E-state index is 0.0717. The van der Waals surface area contributed by atoms with Crippen LogP contribution in [0, 0.1) is 5.92 Å². The van der Waals surface area contributed by atoms with Gasteiger partial charge in [0.25, 0.3) is 0 Å². The highest BCUT2D eigenvalue weighted by atomic mass is 16.5. The molecule has 0 aromatic carbocycles. The summed E-state index contributed by atoms with van der Waals surface area (Å²) in [6.07, 6.45) is 0.923. The van der Waals surface area contributed by atoms with E-state index in [1.54, 1.807) is 0 Å². The first kappa shape index (κ1) is 14.9. The van der Waals surface area contributed by atoms with Gasteiger partial charge in [-0.25, -0.2) is 0 Å². The molecule has 1 heterocycles. The molecule has 1 rings (SSSR count). The van der Waals surface area contributed by atoms with Crippen molar-refractivity contribution in [3.05, 3.63) is 5.89 Å². The monoisotopic (exact) mass is 256 g/mol. The Bertz CT molecular complexity index is 328. The molecule has 0 saturated carbocycles. The first-order valence-electron chi connectivity index (χ1n) is 6.45. The summed E-state index contributed by atoms with van der Waals surface area (Å²) in [4.78, 5) is 0. The van der Waals surface area contributed by atoms with Crippen molar-refractivity contribution in [1.29, 1.82) is 0 Å². The smallest absolute Gasteiger partial charge is 0.315 e. The first-order valence-corrected chi connectivity index (χ1v) is 6.45. The van der Waals surface area contributed by atoms with Crippen LogP contribution in [0.15, 0.2) is 4.42 Å². The summed E-state index contributed by atoms with van der Waals surface area (Å²) in [7, 11) is 1.86. The zero-order valence-electron chi connectivity index (χ0n) is 11.7. The highest BCUT2D eigenvalue weighted by molar-refractivity contribution is 5.16. The summed E-state index contributed by atoms with van der Waals surface area (Å²) in [5.74, 6) is 1.18. The molecule has 1 aromatic heterocycles. The van der Waals surface area contributed by atoms with Crippen molar-refractivity contribution in [1.82, 2.24) is 15.5 Å². The van der Waals surface area contributed by atoms with Gasteiger partial charge in [-0.3, -0.25) is 0 Å². The molecule has 0 spiro atoms. The number of hydrogen-bond acceptors (Lipinski definition) is 6. The van der Waals surface area contributed by atoms with Crippen LogP contribution in [0.2, 0.25) is 0 Å². The molecule has 6 nitrogen and oxygen atoms in total. The van der Waals surface area contributed by atoms with Crippen LogP contribution in [0.3, 0.4) is 0 Å². The van der Waals surface area contributed by atoms with Crippen molar-refractivity contribution >= 4 is 6.01 Å². The van der Waals surface area contributed by atoms with E-state index in [1.165, 1.54) is 0 Å². The Labute approximate surface area is 108 Å². The lowest BCUT2D eigenvalue weighted by molar-refractivity contribution is 0.109. The van der Waals surface area contributed by atoms with E-state index in [0.29, 0.717) is 17.8 Å². The fourth-order valence-electron chi connectivity index (χ4n) is 1.29. The molecule has 1 unspecified atom stereocenters. The quantitative estimate of drug-likeness (QED) is 0.657. The lowest BCUT2D eigenvalue weighted by Crippen LogP contribution is -2.12. The molecule has 0 fully saturated rings. The van der Waals surface area contributed by atoms with Gasteiger partial charge in [0.1, 0.15) is 0 Å². The van der Waals surface area contributed by atoms with Crippen LogP contribution in [-0.4, -0.2) is 37.0 Å². The number of nitrogens with zero attached hydrogens (tertiary/aromatic N) is 2. The Kier molecular flexibility index (Phi) is 6.67. The normalized spacial score (nSPS) is 12.9. The number of ether oxygens (including phenoxy) is 1. The van der Waals surface area contributed by atoms with Crippen molar-refractivity contribution in [3.63, 3.8) is 0 Å². The van der Waals surface area contributed by atoms with Crippen molar-refractivity contribution in [2.24, 2.45) is 5.92 Å². The zero-order valence-corrected chi connectivity index (χ0v) is 11.7. The van der Waals surface area contributed by atoms with Crippen molar-refractivity contribution in [2.75, 3.05) is 32.1 Å². The van der Waals surface area contributed by atoms with Gasteiger partial charge in [0.05, 0.1) is 6.04 Å². The van der Waals surface area contributed by atoms with Crippen molar-refractivity contribution in [3.8, 4) is 0 Å². The maximum absolute atomic E-state index is 5.48. The van der Waals surface area contributed by atoms with Gasteiger partial charge in [0, 0.05) is 19.8 Å². The molecule has 2 N–H and O–H groups in total. The predicted molar refractivity (Wildman–Crippen MR) is 70.5 cm³/mol. The number of nitrogens with one attached hydrogen (secondary N) is 2. The Balaban J connectivity index is 2.14. The van der Waals surface area contributed by atoms with Crippen LogP contribution in [0.4, 0.5) is 6.01 Å². The predicted octanol–water partition coefficient (Wildman–Crippen LogP) is 1.82. The number of rotatable bonds is 9. The lowest BCUT2D eigenvalue weighted by Gasteiger charge is -2.06. The molecule has 6 heteroatoms. The second kappa shape index (κ2) is 8.05. The number of hydrogen-bond donors (Lipinski definition) is 2. The van der Waals surface area contributed by atoms with Gasteiger partial charge in [0.15, 0.2) is 0 Å². The number of anilines is 1. The van der Waals surface area contributed by atoms with Crippen LogP contribution < -0.4 is 10.6 Å². The third kappa shape index (κ3) is 5.46. The minimum Gasteiger partial charge on any atom is -0.406 e. The third-order valence-electron chi connectivity index (χ3n) is 2.44. The Morgan fingerprint density at radius 3 is 2.72 bits per heavy atom. The highest BCUT2D eigenvalue weighted by Crippen LogP contribution is 2.12. The maximum atomic E-state index is 5.48. The Morgan fingerprint density at radius 1 is 1.28 bits per heavy atom. The lowest BCUT2D eigenvalue weighted by atomic mass is 10.2. The average molecular weight is 256 g/mol. The summed E-state index contributed by atoms with van der Waals surface area (Å²) in [6, 6.07) is 0.540. The highest BCUT2D eigenvalue weighted by Gasteiger charge is 2.11. The molecule has 0 saturated heterocycles. The SMILES string of the molecule is CNC(C)c1nnc(NCCCOCC(C)C)o1. The van der Waals surface area contributed by atoms with Crippen LogP contribution in [-0.2, 0) is 4.74 Å². The maximum Gasteiger partial charge on any atom is 0.315 e. The summed E-state index contributed by atoms with van der Waals surface area (Å²) in [5.41, 5.74) is 0. The van der Waals surface area contributed by atoms with Gasteiger partial charge in [-0.15, -0.1) is 5.10 Å². The van der Waals surface area contributed by atoms with Crippen LogP contribution in [0.5, 0.6) is 0 Å². The molecule has 0 amide bonds. The van der Waals surface area contributed by atoms with E-state index in [4.69, 9.17) is 9.15 Å². The Morgan fingerprint density at radius 2 is 2.06 bits per heavy atom. The second-order valence-electron chi connectivity index (χ2n) is 4.70. The molecule has 18 heavy (non-hydrogen) atoms. The van der Waals surface area contributed by atoms with E-state index < -0.39 is 0 Å². The van der Waals surface area contributed by atoms with E-state index >= 15 is 0 Å². The van der Waals surface area contributed by atoms with Gasteiger partial charge in [-0.2, -0.15) is 0 Å². The van der Waals surface area contributed by atoms with Gasteiger partial charge in [-0.1, -0.05) is 18.9 Å². The number of aromatic nitrogens is 2. The van der Waals surface area contributed by atoms with Gasteiger partial charge in [-0.05, 0) is 26.3 Å². The topological polar surface area (TPSA) is 72.2 Å². The van der Waals surface area contributed by atoms with Gasteiger partial charge >= 0.3 is 6.01 Å². The van der Waals surface area contributed by atoms with Gasteiger partial charge < -0.3 is 19.8 Å². The molecule has 0 aliphatic rings. The molecule has 1 aromatic rings. The van der Waals surface area contributed by atoms with Crippen LogP contribution in [0.1, 0.15) is 39.1 Å². The molecule has 0 radical (unpaired) electrons. The van der Waals surface area contributed by atoms with E-state index in [0.717, 1.165) is 26.2 Å². The molecule has 0 aliphatic carbocycles.